The van der Waals surface area contributed by atoms with Crippen LogP contribution in [0.3, 0.4) is 0 Å². The van der Waals surface area contributed by atoms with Crippen molar-refractivity contribution in [1.82, 2.24) is 5.32 Å². The molecule has 1 unspecified atom stereocenters. The van der Waals surface area contributed by atoms with Crippen molar-refractivity contribution in [2.75, 3.05) is 20.2 Å². The van der Waals surface area contributed by atoms with E-state index in [-0.39, 0.29) is 5.41 Å². The summed E-state index contributed by atoms with van der Waals surface area (Å²) in [6, 6.07) is 8.40. The van der Waals surface area contributed by atoms with Gasteiger partial charge in [-0.1, -0.05) is 19.1 Å². The van der Waals surface area contributed by atoms with Crippen molar-refractivity contribution in [2.24, 2.45) is 0 Å². The van der Waals surface area contributed by atoms with Gasteiger partial charge in [-0.25, -0.2) is 0 Å². The second-order valence-corrected chi connectivity index (χ2v) is 4.22. The fraction of sp³-hybridized carbons (Fsp3) is 0.500. The second-order valence-electron chi connectivity index (χ2n) is 4.22. The number of rotatable bonds is 2. The molecule has 1 aliphatic rings. The molecule has 0 spiro atoms. The van der Waals surface area contributed by atoms with Gasteiger partial charge in [-0.05, 0) is 30.7 Å². The Bertz CT molecular complexity index is 316. The van der Waals surface area contributed by atoms with Crippen molar-refractivity contribution in [3.8, 4) is 5.75 Å². The van der Waals surface area contributed by atoms with E-state index in [0.29, 0.717) is 0 Å². The molecule has 0 amide bonds. The lowest BCUT2D eigenvalue weighted by molar-refractivity contribution is 0.411. The van der Waals surface area contributed by atoms with Crippen molar-refractivity contribution >= 4 is 0 Å². The zero-order valence-electron chi connectivity index (χ0n) is 8.84. The van der Waals surface area contributed by atoms with Crippen LogP contribution < -0.4 is 10.1 Å². The van der Waals surface area contributed by atoms with Crippen LogP contribution in [0.1, 0.15) is 18.9 Å². The normalized spacial score (nSPS) is 26.4. The first kappa shape index (κ1) is 9.53. The van der Waals surface area contributed by atoms with Crippen LogP contribution in [0.15, 0.2) is 24.3 Å². The van der Waals surface area contributed by atoms with E-state index < -0.39 is 0 Å². The SMILES string of the molecule is COc1cccc(C2(C)CCNC2)c1. The molecule has 1 aromatic rings. The van der Waals surface area contributed by atoms with Gasteiger partial charge in [0.25, 0.3) is 0 Å². The largest absolute Gasteiger partial charge is 0.497 e. The zero-order chi connectivity index (χ0) is 10.0. The van der Waals surface area contributed by atoms with E-state index in [1.54, 1.807) is 7.11 Å². The van der Waals surface area contributed by atoms with Crippen LogP contribution >= 0.6 is 0 Å². The van der Waals surface area contributed by atoms with Gasteiger partial charge in [-0.3, -0.25) is 0 Å². The molecule has 76 valence electrons. The highest BCUT2D eigenvalue weighted by Gasteiger charge is 2.30. The third kappa shape index (κ3) is 1.62. The van der Waals surface area contributed by atoms with Crippen molar-refractivity contribution in [1.29, 1.82) is 0 Å². The Morgan fingerprint density at radius 3 is 2.93 bits per heavy atom. The molecular formula is C12H17NO. The summed E-state index contributed by atoms with van der Waals surface area (Å²) in [6.45, 7) is 4.50. The molecule has 1 fully saturated rings. The molecule has 0 aromatic heterocycles. The van der Waals surface area contributed by atoms with E-state index in [9.17, 15) is 0 Å². The maximum Gasteiger partial charge on any atom is 0.119 e. The highest BCUT2D eigenvalue weighted by molar-refractivity contribution is 5.34. The molecule has 1 heterocycles. The fourth-order valence-corrected chi connectivity index (χ4v) is 2.06. The summed E-state index contributed by atoms with van der Waals surface area (Å²) in [5.41, 5.74) is 1.66. The summed E-state index contributed by atoms with van der Waals surface area (Å²) in [4.78, 5) is 0. The molecule has 2 rings (SSSR count). The molecule has 1 aromatic carbocycles. The van der Waals surface area contributed by atoms with Crippen molar-refractivity contribution in [3.63, 3.8) is 0 Å². The molecular weight excluding hydrogens is 174 g/mol. The predicted octanol–water partition coefficient (Wildman–Crippen LogP) is 1.95. The molecule has 0 saturated carbocycles. The van der Waals surface area contributed by atoms with Crippen LogP contribution in [-0.2, 0) is 5.41 Å². The molecule has 1 saturated heterocycles. The van der Waals surface area contributed by atoms with Gasteiger partial charge >= 0.3 is 0 Å². The Morgan fingerprint density at radius 2 is 2.29 bits per heavy atom. The van der Waals surface area contributed by atoms with E-state index in [0.717, 1.165) is 18.8 Å². The first-order valence-corrected chi connectivity index (χ1v) is 5.10. The van der Waals surface area contributed by atoms with Gasteiger partial charge < -0.3 is 10.1 Å². The maximum absolute atomic E-state index is 5.24. The lowest BCUT2D eigenvalue weighted by Gasteiger charge is -2.23. The third-order valence-electron chi connectivity index (χ3n) is 3.14. The summed E-state index contributed by atoms with van der Waals surface area (Å²) in [5, 5.41) is 3.41. The van der Waals surface area contributed by atoms with Crippen LogP contribution in [-0.4, -0.2) is 20.2 Å². The van der Waals surface area contributed by atoms with Crippen LogP contribution in [0.2, 0.25) is 0 Å². The highest BCUT2D eigenvalue weighted by Crippen LogP contribution is 2.31. The Labute approximate surface area is 85.3 Å². The fourth-order valence-electron chi connectivity index (χ4n) is 2.06. The topological polar surface area (TPSA) is 21.3 Å². The Balaban J connectivity index is 2.30. The van der Waals surface area contributed by atoms with Crippen LogP contribution in [0.25, 0.3) is 0 Å². The minimum Gasteiger partial charge on any atom is -0.497 e. The Morgan fingerprint density at radius 1 is 1.43 bits per heavy atom. The smallest absolute Gasteiger partial charge is 0.119 e. The summed E-state index contributed by atoms with van der Waals surface area (Å²) in [5.74, 6) is 0.954. The first-order chi connectivity index (χ1) is 6.74. The standard InChI is InChI=1S/C12H17NO/c1-12(6-7-13-9-12)10-4-3-5-11(8-10)14-2/h3-5,8,13H,6-7,9H2,1-2H3. The number of hydrogen-bond acceptors (Lipinski definition) is 2. The average Bonchev–Trinajstić information content (AvgIpc) is 2.67. The highest BCUT2D eigenvalue weighted by atomic mass is 16.5. The Hall–Kier alpha value is -1.02. The first-order valence-electron chi connectivity index (χ1n) is 5.10. The van der Waals surface area contributed by atoms with E-state index in [4.69, 9.17) is 4.74 Å². The molecule has 1 aliphatic heterocycles. The maximum atomic E-state index is 5.24. The van der Waals surface area contributed by atoms with Crippen LogP contribution in [0, 0.1) is 0 Å². The average molecular weight is 191 g/mol. The summed E-state index contributed by atoms with van der Waals surface area (Å²) >= 11 is 0. The zero-order valence-corrected chi connectivity index (χ0v) is 8.84. The predicted molar refractivity (Wildman–Crippen MR) is 57.8 cm³/mol. The van der Waals surface area contributed by atoms with Gasteiger partial charge in [0.05, 0.1) is 7.11 Å². The molecule has 2 nitrogen and oxygen atoms in total. The summed E-state index contributed by atoms with van der Waals surface area (Å²) in [6.07, 6.45) is 1.21. The van der Waals surface area contributed by atoms with Gasteiger partial charge in [-0.2, -0.15) is 0 Å². The molecule has 2 heteroatoms. The second kappa shape index (κ2) is 3.62. The van der Waals surface area contributed by atoms with Crippen molar-refractivity contribution in [3.05, 3.63) is 29.8 Å². The molecule has 1 N–H and O–H groups in total. The summed E-state index contributed by atoms with van der Waals surface area (Å²) in [7, 11) is 1.72. The number of benzene rings is 1. The van der Waals surface area contributed by atoms with Crippen LogP contribution in [0.5, 0.6) is 5.75 Å². The molecule has 0 radical (unpaired) electrons. The van der Waals surface area contributed by atoms with E-state index >= 15 is 0 Å². The summed E-state index contributed by atoms with van der Waals surface area (Å²) < 4.78 is 5.24. The third-order valence-corrected chi connectivity index (χ3v) is 3.14. The molecule has 1 atom stereocenters. The molecule has 0 aliphatic carbocycles. The molecule has 14 heavy (non-hydrogen) atoms. The Kier molecular flexibility index (Phi) is 2.46. The molecule has 0 bridgehead atoms. The van der Waals surface area contributed by atoms with Crippen molar-refractivity contribution < 1.29 is 4.74 Å². The van der Waals surface area contributed by atoms with Gasteiger partial charge in [0.15, 0.2) is 0 Å². The minimum atomic E-state index is 0.286. The monoisotopic (exact) mass is 191 g/mol. The minimum absolute atomic E-state index is 0.286. The van der Waals surface area contributed by atoms with Crippen LogP contribution in [0.4, 0.5) is 0 Å². The van der Waals surface area contributed by atoms with E-state index in [1.165, 1.54) is 12.0 Å². The number of ether oxygens (including phenoxy) is 1. The van der Waals surface area contributed by atoms with Gasteiger partial charge in [-0.15, -0.1) is 0 Å². The number of hydrogen-bond donors (Lipinski definition) is 1. The van der Waals surface area contributed by atoms with E-state index in [2.05, 4.69) is 30.4 Å². The van der Waals surface area contributed by atoms with Gasteiger partial charge in [0.2, 0.25) is 0 Å². The lowest BCUT2D eigenvalue weighted by Crippen LogP contribution is -2.24. The van der Waals surface area contributed by atoms with E-state index in [1.807, 2.05) is 6.07 Å². The number of nitrogens with one attached hydrogen (secondary N) is 1. The quantitative estimate of drug-likeness (QED) is 0.771. The van der Waals surface area contributed by atoms with Gasteiger partial charge in [0, 0.05) is 12.0 Å². The van der Waals surface area contributed by atoms with Gasteiger partial charge in [0.1, 0.15) is 5.75 Å². The van der Waals surface area contributed by atoms with Crippen molar-refractivity contribution in [2.45, 2.75) is 18.8 Å². The lowest BCUT2D eigenvalue weighted by atomic mass is 9.82. The number of methoxy groups -OCH3 is 1.